The van der Waals surface area contributed by atoms with Crippen molar-refractivity contribution in [3.05, 3.63) is 102 Å². The van der Waals surface area contributed by atoms with Gasteiger partial charge in [0.25, 0.3) is 0 Å². The van der Waals surface area contributed by atoms with E-state index in [0.717, 1.165) is 40.2 Å². The summed E-state index contributed by atoms with van der Waals surface area (Å²) in [6.07, 6.45) is 2.89. The normalized spacial score (nSPS) is 12.2. The molecule has 0 radical (unpaired) electrons. The number of carbonyl (C=O) groups excluding carboxylic acids is 1. The number of carbonyl (C=O) groups is 1. The Hall–Kier alpha value is -3.05. The van der Waals surface area contributed by atoms with E-state index in [1.165, 1.54) is 0 Å². The maximum Gasteiger partial charge on any atom is 0.232 e. The van der Waals surface area contributed by atoms with E-state index in [0.29, 0.717) is 0 Å². The monoisotopic (exact) mass is 415 g/mol. The fourth-order valence-electron chi connectivity index (χ4n) is 3.69. The quantitative estimate of drug-likeness (QED) is 0.410. The molecule has 2 N–H and O–H groups in total. The number of benzene rings is 3. The Morgan fingerprint density at radius 1 is 0.933 bits per heavy atom. The minimum absolute atomic E-state index is 0.0149. The number of nitrogens with one attached hydrogen (secondary N) is 2. The fraction of sp³-hybridized carbons (Fsp3) is 0.200. The van der Waals surface area contributed by atoms with E-state index in [4.69, 9.17) is 4.98 Å². The Bertz CT molecular complexity index is 1020. The molecule has 0 saturated carbocycles. The predicted octanol–water partition coefficient (Wildman–Crippen LogP) is 5.31. The molecule has 30 heavy (non-hydrogen) atoms. The van der Waals surface area contributed by atoms with Crippen molar-refractivity contribution in [2.45, 2.75) is 18.4 Å². The van der Waals surface area contributed by atoms with Crippen LogP contribution in [0.25, 0.3) is 11.0 Å². The number of amides is 1. The first-order chi connectivity index (χ1) is 14.8. The summed E-state index contributed by atoms with van der Waals surface area (Å²) in [6.45, 7) is 0. The maximum atomic E-state index is 13.5. The molecule has 152 valence electrons. The van der Waals surface area contributed by atoms with E-state index in [2.05, 4.69) is 16.6 Å². The van der Waals surface area contributed by atoms with Gasteiger partial charge in [-0.3, -0.25) is 4.79 Å². The third kappa shape index (κ3) is 4.57. The highest BCUT2D eigenvalue weighted by atomic mass is 32.2. The Morgan fingerprint density at radius 3 is 2.13 bits per heavy atom. The van der Waals surface area contributed by atoms with Crippen molar-refractivity contribution in [3.8, 4) is 0 Å². The highest BCUT2D eigenvalue weighted by Gasteiger charge is 2.26. The predicted molar refractivity (Wildman–Crippen MR) is 125 cm³/mol. The SMILES string of the molecule is CSCC[C@@H](NC(=O)C(c1ccccc1)c1ccccc1)c1nc2ccccc2[nH]1. The van der Waals surface area contributed by atoms with Gasteiger partial charge in [0, 0.05) is 0 Å². The van der Waals surface area contributed by atoms with Gasteiger partial charge < -0.3 is 10.3 Å². The molecule has 0 fully saturated rings. The molecule has 5 heteroatoms. The van der Waals surface area contributed by atoms with Crippen molar-refractivity contribution >= 4 is 28.7 Å². The largest absolute Gasteiger partial charge is 0.345 e. The van der Waals surface area contributed by atoms with Crippen molar-refractivity contribution in [2.75, 3.05) is 12.0 Å². The van der Waals surface area contributed by atoms with Gasteiger partial charge in [-0.2, -0.15) is 11.8 Å². The van der Waals surface area contributed by atoms with Crippen molar-refractivity contribution < 1.29 is 4.79 Å². The second-order valence-corrected chi connectivity index (χ2v) is 8.22. The summed E-state index contributed by atoms with van der Waals surface area (Å²) in [5, 5.41) is 3.28. The van der Waals surface area contributed by atoms with Crippen LogP contribution in [-0.4, -0.2) is 27.9 Å². The smallest absolute Gasteiger partial charge is 0.232 e. The molecule has 0 aliphatic heterocycles. The Kier molecular flexibility index (Phi) is 6.50. The fourth-order valence-corrected chi connectivity index (χ4v) is 4.16. The molecule has 1 atom stereocenters. The van der Waals surface area contributed by atoms with E-state index in [1.54, 1.807) is 11.8 Å². The van der Waals surface area contributed by atoms with Crippen LogP contribution in [0.2, 0.25) is 0 Å². The van der Waals surface area contributed by atoms with Gasteiger partial charge in [0.2, 0.25) is 5.91 Å². The van der Waals surface area contributed by atoms with Gasteiger partial charge in [-0.25, -0.2) is 4.98 Å². The van der Waals surface area contributed by atoms with Crippen molar-refractivity contribution in [2.24, 2.45) is 0 Å². The van der Waals surface area contributed by atoms with E-state index in [9.17, 15) is 4.79 Å². The number of imidazole rings is 1. The number of aromatic nitrogens is 2. The molecule has 0 saturated heterocycles. The highest BCUT2D eigenvalue weighted by Crippen LogP contribution is 2.27. The average Bonchev–Trinajstić information content (AvgIpc) is 3.22. The first-order valence-corrected chi connectivity index (χ1v) is 11.5. The number of aromatic amines is 1. The zero-order valence-electron chi connectivity index (χ0n) is 16.9. The maximum absolute atomic E-state index is 13.5. The molecular formula is C25H25N3OS. The second-order valence-electron chi connectivity index (χ2n) is 7.24. The lowest BCUT2D eigenvalue weighted by Gasteiger charge is -2.22. The van der Waals surface area contributed by atoms with Gasteiger partial charge >= 0.3 is 0 Å². The number of fused-ring (bicyclic) bond motifs is 1. The molecule has 1 amide bonds. The van der Waals surface area contributed by atoms with Crippen LogP contribution in [0.3, 0.4) is 0 Å². The standard InChI is InChI=1S/C25H25N3OS/c1-30-17-16-22(24-26-20-14-8-9-15-21(20)27-24)28-25(29)23(18-10-4-2-5-11-18)19-12-6-3-7-13-19/h2-15,22-23H,16-17H2,1H3,(H,26,27)(H,28,29)/t22-/m1/s1. The molecule has 0 bridgehead atoms. The zero-order chi connectivity index (χ0) is 20.8. The summed E-state index contributed by atoms with van der Waals surface area (Å²) in [6, 6.07) is 27.7. The first kappa shape index (κ1) is 20.2. The number of rotatable bonds is 8. The van der Waals surface area contributed by atoms with Crippen LogP contribution in [-0.2, 0) is 4.79 Å². The van der Waals surface area contributed by atoms with Crippen molar-refractivity contribution in [3.63, 3.8) is 0 Å². The molecule has 1 heterocycles. The molecule has 0 unspecified atom stereocenters. The number of H-pyrrole nitrogens is 1. The Morgan fingerprint density at radius 2 is 1.53 bits per heavy atom. The van der Waals surface area contributed by atoms with Crippen molar-refractivity contribution in [1.29, 1.82) is 0 Å². The number of nitrogens with zero attached hydrogens (tertiary/aromatic N) is 1. The zero-order valence-corrected chi connectivity index (χ0v) is 17.7. The summed E-state index contributed by atoms with van der Waals surface area (Å²) < 4.78 is 0. The molecule has 1 aromatic heterocycles. The molecule has 0 spiro atoms. The summed E-state index contributed by atoms with van der Waals surface area (Å²) in [7, 11) is 0. The van der Waals surface area contributed by atoms with Gasteiger partial charge in [0.15, 0.2) is 0 Å². The van der Waals surface area contributed by atoms with Gasteiger partial charge in [0.05, 0.1) is 23.0 Å². The van der Waals surface area contributed by atoms with Crippen LogP contribution in [0.4, 0.5) is 0 Å². The molecule has 0 aliphatic carbocycles. The third-order valence-electron chi connectivity index (χ3n) is 5.19. The lowest BCUT2D eigenvalue weighted by atomic mass is 9.90. The van der Waals surface area contributed by atoms with E-state index < -0.39 is 0 Å². The summed E-state index contributed by atoms with van der Waals surface area (Å²) >= 11 is 1.77. The first-order valence-electron chi connectivity index (χ1n) is 10.1. The highest BCUT2D eigenvalue weighted by molar-refractivity contribution is 7.98. The molecule has 3 aromatic carbocycles. The minimum atomic E-state index is -0.367. The topological polar surface area (TPSA) is 57.8 Å². The van der Waals surface area contributed by atoms with E-state index >= 15 is 0 Å². The molecule has 4 rings (SSSR count). The lowest BCUT2D eigenvalue weighted by Crippen LogP contribution is -2.34. The Balaban J connectivity index is 1.65. The van der Waals surface area contributed by atoms with Crippen LogP contribution in [0.5, 0.6) is 0 Å². The average molecular weight is 416 g/mol. The van der Waals surface area contributed by atoms with Crippen LogP contribution in [0.1, 0.15) is 35.3 Å². The van der Waals surface area contributed by atoms with Gasteiger partial charge in [-0.05, 0) is 41.7 Å². The minimum Gasteiger partial charge on any atom is -0.345 e. The lowest BCUT2D eigenvalue weighted by molar-refractivity contribution is -0.122. The summed E-state index contributed by atoms with van der Waals surface area (Å²) in [5.74, 6) is 1.36. The molecule has 4 aromatic rings. The third-order valence-corrected chi connectivity index (χ3v) is 5.84. The Labute approximate surface area is 181 Å². The van der Waals surface area contributed by atoms with Crippen LogP contribution >= 0.6 is 11.8 Å². The second kappa shape index (κ2) is 9.63. The van der Waals surface area contributed by atoms with Crippen molar-refractivity contribution in [1.82, 2.24) is 15.3 Å². The number of hydrogen-bond donors (Lipinski definition) is 2. The molecule has 4 nitrogen and oxygen atoms in total. The summed E-state index contributed by atoms with van der Waals surface area (Å²) in [4.78, 5) is 21.7. The van der Waals surface area contributed by atoms with Crippen LogP contribution < -0.4 is 5.32 Å². The summed E-state index contributed by atoms with van der Waals surface area (Å²) in [5.41, 5.74) is 3.86. The van der Waals surface area contributed by atoms with Gasteiger partial charge in [-0.1, -0.05) is 72.8 Å². The number of thioether (sulfide) groups is 1. The van der Waals surface area contributed by atoms with Gasteiger partial charge in [0.1, 0.15) is 5.82 Å². The number of para-hydroxylation sites is 2. The van der Waals surface area contributed by atoms with E-state index in [1.807, 2.05) is 84.9 Å². The van der Waals surface area contributed by atoms with Crippen LogP contribution in [0, 0.1) is 0 Å². The van der Waals surface area contributed by atoms with Crippen LogP contribution in [0.15, 0.2) is 84.9 Å². The molecular weight excluding hydrogens is 390 g/mol. The van der Waals surface area contributed by atoms with E-state index in [-0.39, 0.29) is 17.9 Å². The van der Waals surface area contributed by atoms with Gasteiger partial charge in [-0.15, -0.1) is 0 Å². The number of hydrogen-bond acceptors (Lipinski definition) is 3. The molecule has 0 aliphatic rings.